The zero-order valence-electron chi connectivity index (χ0n) is 10.7. The molecule has 4 heteroatoms. The molecule has 1 unspecified atom stereocenters. The molecule has 0 aliphatic carbocycles. The van der Waals surface area contributed by atoms with Crippen molar-refractivity contribution in [3.05, 3.63) is 12.7 Å². The van der Waals surface area contributed by atoms with Crippen molar-refractivity contribution in [1.82, 2.24) is 10.2 Å². The molecule has 94 valence electrons. The summed E-state index contributed by atoms with van der Waals surface area (Å²) < 4.78 is 4.99. The van der Waals surface area contributed by atoms with Crippen LogP contribution >= 0.6 is 0 Å². The van der Waals surface area contributed by atoms with Crippen LogP contribution in [-0.4, -0.2) is 50.7 Å². The zero-order chi connectivity index (χ0) is 12.4. The average Bonchev–Trinajstić information content (AvgIpc) is 2.30. The number of amides is 1. The minimum Gasteiger partial charge on any atom is -0.383 e. The van der Waals surface area contributed by atoms with Gasteiger partial charge in [0.2, 0.25) is 5.91 Å². The van der Waals surface area contributed by atoms with Crippen molar-refractivity contribution in [3.63, 3.8) is 0 Å². The largest absolute Gasteiger partial charge is 0.383 e. The third-order valence-corrected chi connectivity index (χ3v) is 2.35. The Labute approximate surface area is 98.6 Å². The van der Waals surface area contributed by atoms with Crippen molar-refractivity contribution in [2.24, 2.45) is 5.92 Å². The standard InChI is InChI=1S/C12H24N2O2/c1-5-7-14(8-9-16-4)12(15)11(3)10-13-6-2/h5,11,13H,1,6-10H2,2-4H3. The minimum atomic E-state index is -0.00300. The molecule has 0 heterocycles. The van der Waals surface area contributed by atoms with E-state index >= 15 is 0 Å². The van der Waals surface area contributed by atoms with Crippen LogP contribution in [0.2, 0.25) is 0 Å². The molecule has 1 amide bonds. The highest BCUT2D eigenvalue weighted by molar-refractivity contribution is 5.78. The van der Waals surface area contributed by atoms with Gasteiger partial charge in [-0.2, -0.15) is 0 Å². The van der Waals surface area contributed by atoms with Crippen LogP contribution in [-0.2, 0) is 9.53 Å². The molecule has 0 spiro atoms. The van der Waals surface area contributed by atoms with E-state index < -0.39 is 0 Å². The molecule has 0 fully saturated rings. The lowest BCUT2D eigenvalue weighted by Gasteiger charge is -2.24. The fourth-order valence-electron chi connectivity index (χ4n) is 1.41. The van der Waals surface area contributed by atoms with Gasteiger partial charge in [0, 0.05) is 32.7 Å². The summed E-state index contributed by atoms with van der Waals surface area (Å²) in [7, 11) is 1.64. The van der Waals surface area contributed by atoms with Gasteiger partial charge in [-0.05, 0) is 6.54 Å². The Morgan fingerprint density at radius 3 is 2.81 bits per heavy atom. The predicted octanol–water partition coefficient (Wildman–Crippen LogP) is 0.893. The number of nitrogens with one attached hydrogen (secondary N) is 1. The molecule has 4 nitrogen and oxygen atoms in total. The van der Waals surface area contributed by atoms with Gasteiger partial charge in [0.15, 0.2) is 0 Å². The third-order valence-electron chi connectivity index (χ3n) is 2.35. The zero-order valence-corrected chi connectivity index (χ0v) is 10.7. The summed E-state index contributed by atoms with van der Waals surface area (Å²) in [4.78, 5) is 13.8. The quantitative estimate of drug-likeness (QED) is 0.596. The van der Waals surface area contributed by atoms with E-state index in [0.717, 1.165) is 13.1 Å². The van der Waals surface area contributed by atoms with Crippen molar-refractivity contribution >= 4 is 5.91 Å². The maximum atomic E-state index is 12.0. The molecule has 0 radical (unpaired) electrons. The van der Waals surface area contributed by atoms with Crippen LogP contribution in [0.5, 0.6) is 0 Å². The molecule has 0 aromatic rings. The molecule has 0 saturated heterocycles. The number of hydrogen-bond acceptors (Lipinski definition) is 3. The summed E-state index contributed by atoms with van der Waals surface area (Å²) in [5.74, 6) is 0.148. The van der Waals surface area contributed by atoms with Crippen LogP contribution in [0.3, 0.4) is 0 Å². The van der Waals surface area contributed by atoms with Gasteiger partial charge in [-0.15, -0.1) is 6.58 Å². The molecule has 1 N–H and O–H groups in total. The van der Waals surface area contributed by atoms with Crippen LogP contribution in [0.25, 0.3) is 0 Å². The lowest BCUT2D eigenvalue weighted by atomic mass is 10.1. The number of carbonyl (C=O) groups excluding carboxylic acids is 1. The molecule has 0 rings (SSSR count). The Kier molecular flexibility index (Phi) is 8.85. The molecule has 0 aromatic heterocycles. The highest BCUT2D eigenvalue weighted by Crippen LogP contribution is 2.02. The maximum Gasteiger partial charge on any atom is 0.227 e. The number of hydrogen-bond donors (Lipinski definition) is 1. The normalized spacial score (nSPS) is 12.2. The first-order chi connectivity index (χ1) is 7.67. The van der Waals surface area contributed by atoms with Gasteiger partial charge in [-0.25, -0.2) is 0 Å². The van der Waals surface area contributed by atoms with Crippen LogP contribution in [0.1, 0.15) is 13.8 Å². The van der Waals surface area contributed by atoms with E-state index in [4.69, 9.17) is 4.74 Å². The summed E-state index contributed by atoms with van der Waals surface area (Å²) >= 11 is 0. The molecule has 0 aliphatic heterocycles. The molecular formula is C12H24N2O2. The van der Waals surface area contributed by atoms with E-state index in [1.54, 1.807) is 18.1 Å². The number of rotatable bonds is 9. The summed E-state index contributed by atoms with van der Waals surface area (Å²) in [5, 5.41) is 3.18. The molecule has 0 aliphatic rings. The van der Waals surface area contributed by atoms with Gasteiger partial charge in [-0.1, -0.05) is 19.9 Å². The lowest BCUT2D eigenvalue weighted by Crippen LogP contribution is -2.40. The second-order valence-electron chi connectivity index (χ2n) is 3.77. The molecular weight excluding hydrogens is 204 g/mol. The molecule has 0 saturated carbocycles. The van der Waals surface area contributed by atoms with Crippen molar-refractivity contribution < 1.29 is 9.53 Å². The van der Waals surface area contributed by atoms with Gasteiger partial charge in [0.1, 0.15) is 0 Å². The summed E-state index contributed by atoms with van der Waals surface area (Å²) in [6, 6.07) is 0. The average molecular weight is 228 g/mol. The lowest BCUT2D eigenvalue weighted by molar-refractivity contribution is -0.134. The van der Waals surface area contributed by atoms with Gasteiger partial charge in [0.05, 0.1) is 6.61 Å². The van der Waals surface area contributed by atoms with Gasteiger partial charge >= 0.3 is 0 Å². The summed E-state index contributed by atoms with van der Waals surface area (Å²) in [5.41, 5.74) is 0. The second kappa shape index (κ2) is 9.36. The molecule has 0 bridgehead atoms. The SMILES string of the molecule is C=CCN(CCOC)C(=O)C(C)CNCC. The van der Waals surface area contributed by atoms with Crippen molar-refractivity contribution in [3.8, 4) is 0 Å². The highest BCUT2D eigenvalue weighted by Gasteiger charge is 2.18. The van der Waals surface area contributed by atoms with Crippen molar-refractivity contribution in [1.29, 1.82) is 0 Å². The van der Waals surface area contributed by atoms with Crippen molar-refractivity contribution in [2.75, 3.05) is 39.9 Å². The minimum absolute atomic E-state index is 0.00300. The Hall–Kier alpha value is -0.870. The first-order valence-corrected chi connectivity index (χ1v) is 5.76. The Balaban J connectivity index is 4.17. The maximum absolute atomic E-state index is 12.0. The smallest absolute Gasteiger partial charge is 0.227 e. The monoisotopic (exact) mass is 228 g/mol. The molecule has 16 heavy (non-hydrogen) atoms. The van der Waals surface area contributed by atoms with Crippen LogP contribution < -0.4 is 5.32 Å². The predicted molar refractivity (Wildman–Crippen MR) is 66.4 cm³/mol. The number of carbonyl (C=O) groups is 1. The van der Waals surface area contributed by atoms with E-state index in [9.17, 15) is 4.79 Å². The highest BCUT2D eigenvalue weighted by atomic mass is 16.5. The molecule has 0 aromatic carbocycles. The van der Waals surface area contributed by atoms with E-state index in [2.05, 4.69) is 11.9 Å². The first-order valence-electron chi connectivity index (χ1n) is 5.76. The fourth-order valence-corrected chi connectivity index (χ4v) is 1.41. The number of ether oxygens (including phenoxy) is 1. The Morgan fingerprint density at radius 1 is 1.62 bits per heavy atom. The third kappa shape index (κ3) is 5.88. The van der Waals surface area contributed by atoms with Gasteiger partial charge in [0.25, 0.3) is 0 Å². The van der Waals surface area contributed by atoms with Gasteiger partial charge < -0.3 is 15.0 Å². The number of methoxy groups -OCH3 is 1. The Bertz CT molecular complexity index is 207. The number of nitrogens with zero attached hydrogens (tertiary/aromatic N) is 1. The van der Waals surface area contributed by atoms with Crippen LogP contribution in [0.15, 0.2) is 12.7 Å². The van der Waals surface area contributed by atoms with Crippen LogP contribution in [0, 0.1) is 5.92 Å². The summed E-state index contributed by atoms with van der Waals surface area (Å²) in [6.07, 6.45) is 1.74. The summed E-state index contributed by atoms with van der Waals surface area (Å²) in [6.45, 7) is 11.0. The van der Waals surface area contributed by atoms with E-state index in [1.165, 1.54) is 0 Å². The van der Waals surface area contributed by atoms with E-state index in [0.29, 0.717) is 19.7 Å². The van der Waals surface area contributed by atoms with Crippen LogP contribution in [0.4, 0.5) is 0 Å². The molecule has 1 atom stereocenters. The fraction of sp³-hybridized carbons (Fsp3) is 0.750. The van der Waals surface area contributed by atoms with Gasteiger partial charge in [-0.3, -0.25) is 4.79 Å². The topological polar surface area (TPSA) is 41.6 Å². The van der Waals surface area contributed by atoms with E-state index in [-0.39, 0.29) is 11.8 Å². The first kappa shape index (κ1) is 15.1. The Morgan fingerprint density at radius 2 is 2.31 bits per heavy atom. The van der Waals surface area contributed by atoms with Crippen molar-refractivity contribution in [2.45, 2.75) is 13.8 Å². The van der Waals surface area contributed by atoms with E-state index in [1.807, 2.05) is 13.8 Å². The second-order valence-corrected chi connectivity index (χ2v) is 3.77.